The van der Waals surface area contributed by atoms with E-state index >= 15 is 0 Å². The van der Waals surface area contributed by atoms with Crippen LogP contribution in [0, 0.1) is 0 Å². The molecule has 3 heterocycles. The Morgan fingerprint density at radius 2 is 1.85 bits per heavy atom. The van der Waals surface area contributed by atoms with Crippen LogP contribution in [0.5, 0.6) is 5.88 Å². The Labute approximate surface area is 161 Å². The van der Waals surface area contributed by atoms with Gasteiger partial charge in [0.1, 0.15) is 6.10 Å². The third-order valence-electron chi connectivity index (χ3n) is 6.00. The van der Waals surface area contributed by atoms with Crippen LogP contribution >= 0.6 is 0 Å². The van der Waals surface area contributed by atoms with E-state index in [0.717, 1.165) is 18.4 Å². The number of piperidine rings is 1. The maximum Gasteiger partial charge on any atom is 0.241 e. The molecule has 0 amide bonds. The number of rotatable bonds is 5. The second-order valence-corrected chi connectivity index (χ2v) is 8.05. The first kappa shape index (κ1) is 18.4. The van der Waals surface area contributed by atoms with Crippen molar-refractivity contribution in [2.24, 2.45) is 0 Å². The van der Waals surface area contributed by atoms with E-state index in [1.807, 2.05) is 12.1 Å². The predicted molar refractivity (Wildman–Crippen MR) is 103 cm³/mol. The summed E-state index contributed by atoms with van der Waals surface area (Å²) >= 11 is 0. The van der Waals surface area contributed by atoms with E-state index in [-0.39, 0.29) is 6.10 Å². The summed E-state index contributed by atoms with van der Waals surface area (Å²) in [5.41, 5.74) is 0.817. The largest absolute Gasteiger partial charge is 0.474 e. The van der Waals surface area contributed by atoms with Crippen molar-refractivity contribution in [3.63, 3.8) is 0 Å². The zero-order chi connectivity index (χ0) is 18.6. The Hall–Kier alpha value is -1.95. The lowest BCUT2D eigenvalue weighted by Gasteiger charge is -2.37. The van der Waals surface area contributed by atoms with Gasteiger partial charge in [-0.15, -0.1) is 0 Å². The van der Waals surface area contributed by atoms with Crippen LogP contribution in [0.1, 0.15) is 71.1 Å². The third kappa shape index (κ3) is 4.32. The van der Waals surface area contributed by atoms with Gasteiger partial charge < -0.3 is 9.26 Å². The zero-order valence-corrected chi connectivity index (χ0v) is 16.4. The van der Waals surface area contributed by atoms with Gasteiger partial charge in [-0.25, -0.2) is 4.98 Å². The molecule has 1 aliphatic heterocycles. The monoisotopic (exact) mass is 370 g/mol. The van der Waals surface area contributed by atoms with Crippen LogP contribution in [0.25, 0.3) is 11.4 Å². The Kier molecular flexibility index (Phi) is 5.72. The van der Waals surface area contributed by atoms with Gasteiger partial charge >= 0.3 is 0 Å². The molecule has 0 radical (unpaired) electrons. The molecule has 2 atom stereocenters. The zero-order valence-electron chi connectivity index (χ0n) is 16.4. The van der Waals surface area contributed by atoms with E-state index in [4.69, 9.17) is 9.26 Å². The van der Waals surface area contributed by atoms with Crippen LogP contribution in [0.2, 0.25) is 0 Å². The Morgan fingerprint density at radius 1 is 1.07 bits per heavy atom. The summed E-state index contributed by atoms with van der Waals surface area (Å²) in [6, 6.07) is 4.96. The summed E-state index contributed by atoms with van der Waals surface area (Å²) in [5.74, 6) is 1.86. The number of aromatic nitrogens is 3. The lowest BCUT2D eigenvalue weighted by molar-refractivity contribution is 0.0825. The molecule has 27 heavy (non-hydrogen) atoms. The van der Waals surface area contributed by atoms with E-state index in [9.17, 15) is 0 Å². The lowest BCUT2D eigenvalue weighted by atomic mass is 9.98. The first-order valence-corrected chi connectivity index (χ1v) is 10.4. The standard InChI is InChI=1S/C21H30N4O2/c1-15-8-6-9-16(2)25(15)14-19-23-20(24-27-19)18-12-7-13-22-21(18)26-17-10-4-3-5-11-17/h7,12-13,15-17H,3-6,8-11,14H2,1-2H3. The first-order valence-electron chi connectivity index (χ1n) is 10.4. The summed E-state index contributed by atoms with van der Waals surface area (Å²) in [7, 11) is 0. The van der Waals surface area contributed by atoms with Gasteiger partial charge in [0.05, 0.1) is 12.1 Å². The number of hydrogen-bond acceptors (Lipinski definition) is 6. The minimum atomic E-state index is 0.244. The molecule has 0 bridgehead atoms. The van der Waals surface area contributed by atoms with E-state index in [1.165, 1.54) is 38.5 Å². The smallest absolute Gasteiger partial charge is 0.241 e. The second-order valence-electron chi connectivity index (χ2n) is 8.05. The molecule has 0 aromatic carbocycles. The fourth-order valence-electron chi connectivity index (χ4n) is 4.37. The molecule has 6 heteroatoms. The molecular formula is C21H30N4O2. The molecule has 0 N–H and O–H groups in total. The van der Waals surface area contributed by atoms with Crippen molar-refractivity contribution in [3.05, 3.63) is 24.2 Å². The highest BCUT2D eigenvalue weighted by Gasteiger charge is 2.27. The van der Waals surface area contributed by atoms with Crippen molar-refractivity contribution >= 4 is 0 Å². The van der Waals surface area contributed by atoms with Gasteiger partial charge in [-0.2, -0.15) is 4.98 Å². The highest BCUT2D eigenvalue weighted by molar-refractivity contribution is 5.60. The fraction of sp³-hybridized carbons (Fsp3) is 0.667. The Bertz CT molecular complexity index is 731. The quantitative estimate of drug-likeness (QED) is 0.766. The van der Waals surface area contributed by atoms with Crippen molar-refractivity contribution in [1.82, 2.24) is 20.0 Å². The summed E-state index contributed by atoms with van der Waals surface area (Å²) in [6.07, 6.45) is 11.7. The van der Waals surface area contributed by atoms with Crippen molar-refractivity contribution in [3.8, 4) is 17.3 Å². The van der Waals surface area contributed by atoms with Gasteiger partial charge in [0.25, 0.3) is 0 Å². The Morgan fingerprint density at radius 3 is 2.63 bits per heavy atom. The number of pyridine rings is 1. The summed E-state index contributed by atoms with van der Waals surface area (Å²) in [4.78, 5) is 11.6. The molecule has 4 rings (SSSR count). The first-order chi connectivity index (χ1) is 13.2. The molecule has 2 aliphatic rings. The molecule has 2 unspecified atom stereocenters. The lowest BCUT2D eigenvalue weighted by Crippen LogP contribution is -2.43. The van der Waals surface area contributed by atoms with Crippen LogP contribution in [0.3, 0.4) is 0 Å². The van der Waals surface area contributed by atoms with Crippen molar-refractivity contribution < 1.29 is 9.26 Å². The Balaban J connectivity index is 1.49. The summed E-state index contributed by atoms with van der Waals surface area (Å²) in [5, 5.41) is 4.22. The maximum atomic E-state index is 6.19. The van der Waals surface area contributed by atoms with Gasteiger partial charge in [-0.3, -0.25) is 4.90 Å². The van der Waals surface area contributed by atoms with Gasteiger partial charge in [-0.1, -0.05) is 18.0 Å². The molecule has 6 nitrogen and oxygen atoms in total. The van der Waals surface area contributed by atoms with Gasteiger partial charge in [0.15, 0.2) is 0 Å². The SMILES string of the molecule is CC1CCCC(C)N1Cc1nc(-c2cccnc2OC2CCCCC2)no1. The molecule has 0 spiro atoms. The fourth-order valence-corrected chi connectivity index (χ4v) is 4.37. The van der Waals surface area contributed by atoms with Crippen LogP contribution in [-0.2, 0) is 6.54 Å². The van der Waals surface area contributed by atoms with E-state index in [1.54, 1.807) is 6.20 Å². The van der Waals surface area contributed by atoms with Crippen molar-refractivity contribution in [2.75, 3.05) is 0 Å². The number of likely N-dealkylation sites (tertiary alicyclic amines) is 1. The number of hydrogen-bond donors (Lipinski definition) is 0. The minimum absolute atomic E-state index is 0.244. The molecule has 2 fully saturated rings. The van der Waals surface area contributed by atoms with E-state index in [0.29, 0.717) is 36.2 Å². The van der Waals surface area contributed by atoms with Crippen molar-refractivity contribution in [2.45, 2.75) is 89.9 Å². The highest BCUT2D eigenvalue weighted by atomic mass is 16.5. The molecule has 146 valence electrons. The van der Waals surface area contributed by atoms with Crippen LogP contribution in [0.15, 0.2) is 22.9 Å². The minimum Gasteiger partial charge on any atom is -0.474 e. The highest BCUT2D eigenvalue weighted by Crippen LogP contribution is 2.30. The number of nitrogens with zero attached hydrogens (tertiary/aromatic N) is 4. The summed E-state index contributed by atoms with van der Waals surface area (Å²) in [6.45, 7) is 5.27. The molecular weight excluding hydrogens is 340 g/mol. The molecule has 1 saturated heterocycles. The summed E-state index contributed by atoms with van der Waals surface area (Å²) < 4.78 is 11.8. The molecule has 2 aromatic heterocycles. The van der Waals surface area contributed by atoms with Gasteiger partial charge in [0.2, 0.25) is 17.6 Å². The topological polar surface area (TPSA) is 64.3 Å². The average Bonchev–Trinajstić information content (AvgIpc) is 3.15. The third-order valence-corrected chi connectivity index (χ3v) is 6.00. The van der Waals surface area contributed by atoms with Gasteiger partial charge in [0, 0.05) is 18.3 Å². The number of ether oxygens (including phenoxy) is 1. The van der Waals surface area contributed by atoms with Crippen LogP contribution in [-0.4, -0.2) is 38.2 Å². The van der Waals surface area contributed by atoms with Gasteiger partial charge in [-0.05, 0) is 64.5 Å². The van der Waals surface area contributed by atoms with E-state index < -0.39 is 0 Å². The molecule has 1 saturated carbocycles. The normalized spacial score (nSPS) is 24.8. The molecule has 2 aromatic rings. The second kappa shape index (κ2) is 8.38. The average molecular weight is 370 g/mol. The maximum absolute atomic E-state index is 6.19. The predicted octanol–water partition coefficient (Wildman–Crippen LogP) is 4.61. The van der Waals surface area contributed by atoms with Crippen molar-refractivity contribution in [1.29, 1.82) is 0 Å². The van der Waals surface area contributed by atoms with Crippen LogP contribution < -0.4 is 4.74 Å². The van der Waals surface area contributed by atoms with Crippen LogP contribution in [0.4, 0.5) is 0 Å². The molecule has 1 aliphatic carbocycles. The van der Waals surface area contributed by atoms with E-state index in [2.05, 4.69) is 33.9 Å².